The quantitative estimate of drug-likeness (QED) is 0.310. The maximum atomic E-state index is 12.7. The average molecular weight is 330 g/mol. The van der Waals surface area contributed by atoms with Crippen LogP contribution >= 0.6 is 7.52 Å². The van der Waals surface area contributed by atoms with Crippen LogP contribution in [0.4, 0.5) is 0 Å². The van der Waals surface area contributed by atoms with E-state index in [2.05, 4.69) is 6.92 Å². The van der Waals surface area contributed by atoms with Gasteiger partial charge in [0.2, 0.25) is 0 Å². The van der Waals surface area contributed by atoms with Crippen molar-refractivity contribution >= 4 is 7.52 Å². The summed E-state index contributed by atoms with van der Waals surface area (Å²) in [6.45, 7) is 10.4. The second-order valence-corrected chi connectivity index (χ2v) is 8.46. The van der Waals surface area contributed by atoms with Crippen LogP contribution < -0.4 is 0 Å². The molecule has 0 radical (unpaired) electrons. The molecular weight excluding hydrogens is 295 g/mol. The monoisotopic (exact) mass is 330 g/mol. The van der Waals surface area contributed by atoms with Crippen LogP contribution in [-0.2, 0) is 9.09 Å². The Morgan fingerprint density at radius 1 is 0.955 bits per heavy atom. The summed E-state index contributed by atoms with van der Waals surface area (Å²) in [7, 11) is -3.35. The molecule has 130 valence electrons. The van der Waals surface area contributed by atoms with Gasteiger partial charge in [0.25, 0.3) is 0 Å². The van der Waals surface area contributed by atoms with E-state index in [0.717, 1.165) is 12.8 Å². The van der Waals surface area contributed by atoms with E-state index in [1.807, 2.05) is 33.5 Å². The van der Waals surface area contributed by atoms with Crippen LogP contribution in [0.5, 0.6) is 0 Å². The minimum Gasteiger partial charge on any atom is -0.307 e. The Labute approximate surface area is 137 Å². The summed E-state index contributed by atoms with van der Waals surface area (Å²) in [5.41, 5.74) is 0. The molecule has 1 atom stereocenters. The lowest BCUT2D eigenvalue weighted by Gasteiger charge is -2.32. The SMILES string of the molecule is CCCCCCCCCCOP(=O)(C#N)N(C(C)C)C(C)C. The van der Waals surface area contributed by atoms with Gasteiger partial charge in [-0.3, -0.25) is 4.57 Å². The van der Waals surface area contributed by atoms with E-state index < -0.39 is 7.52 Å². The zero-order chi connectivity index (χ0) is 17.0. The van der Waals surface area contributed by atoms with Crippen LogP contribution in [0, 0.1) is 11.1 Å². The molecule has 0 fully saturated rings. The molecule has 0 aromatic rings. The smallest absolute Gasteiger partial charge is 0.307 e. The largest absolute Gasteiger partial charge is 0.371 e. The van der Waals surface area contributed by atoms with E-state index >= 15 is 0 Å². The van der Waals surface area contributed by atoms with Crippen molar-refractivity contribution < 1.29 is 9.09 Å². The fourth-order valence-electron chi connectivity index (χ4n) is 2.78. The average Bonchev–Trinajstić information content (AvgIpc) is 2.44. The summed E-state index contributed by atoms with van der Waals surface area (Å²) in [5.74, 6) is 1.93. The van der Waals surface area contributed by atoms with E-state index in [1.165, 1.54) is 38.5 Å². The Kier molecular flexibility index (Phi) is 11.9. The van der Waals surface area contributed by atoms with E-state index in [-0.39, 0.29) is 12.1 Å². The molecule has 0 amide bonds. The molecule has 0 aliphatic carbocycles. The van der Waals surface area contributed by atoms with Crippen LogP contribution in [-0.4, -0.2) is 23.4 Å². The molecule has 4 nitrogen and oxygen atoms in total. The number of rotatable bonds is 13. The summed E-state index contributed by atoms with van der Waals surface area (Å²) in [6.07, 6.45) is 9.66. The molecule has 0 saturated heterocycles. The van der Waals surface area contributed by atoms with Gasteiger partial charge in [0.15, 0.2) is 5.81 Å². The Balaban J connectivity index is 4.05. The van der Waals surface area contributed by atoms with Crippen molar-refractivity contribution in [3.63, 3.8) is 0 Å². The van der Waals surface area contributed by atoms with E-state index in [9.17, 15) is 9.83 Å². The molecule has 22 heavy (non-hydrogen) atoms. The minimum absolute atomic E-state index is 0.0315. The van der Waals surface area contributed by atoms with E-state index in [4.69, 9.17) is 4.52 Å². The molecule has 1 unspecified atom stereocenters. The van der Waals surface area contributed by atoms with Crippen molar-refractivity contribution in [2.75, 3.05) is 6.61 Å². The Bertz CT molecular complexity index is 356. The molecule has 5 heteroatoms. The van der Waals surface area contributed by atoms with Crippen LogP contribution in [0.25, 0.3) is 0 Å². The number of hydrogen-bond donors (Lipinski definition) is 0. The Morgan fingerprint density at radius 2 is 1.41 bits per heavy atom. The fraction of sp³-hybridized carbons (Fsp3) is 0.941. The number of unbranched alkanes of at least 4 members (excludes halogenated alkanes) is 7. The highest BCUT2D eigenvalue weighted by Gasteiger charge is 2.35. The molecule has 0 heterocycles. The van der Waals surface area contributed by atoms with Crippen LogP contribution in [0.15, 0.2) is 0 Å². The molecule has 0 spiro atoms. The predicted molar refractivity (Wildman–Crippen MR) is 93.9 cm³/mol. The topological polar surface area (TPSA) is 53.3 Å². The zero-order valence-electron chi connectivity index (χ0n) is 15.2. The van der Waals surface area contributed by atoms with Crippen molar-refractivity contribution in [1.82, 2.24) is 4.67 Å². The fourth-order valence-corrected chi connectivity index (χ4v) is 4.66. The number of hydrogen-bond acceptors (Lipinski definition) is 3. The summed E-state index contributed by atoms with van der Waals surface area (Å²) in [6, 6.07) is 0.0631. The van der Waals surface area contributed by atoms with Crippen molar-refractivity contribution in [3.8, 4) is 5.81 Å². The molecule has 0 aliphatic heterocycles. The third-order valence-electron chi connectivity index (χ3n) is 3.75. The molecule has 0 aromatic carbocycles. The minimum atomic E-state index is -3.35. The van der Waals surface area contributed by atoms with Crippen LogP contribution in [0.1, 0.15) is 86.0 Å². The lowest BCUT2D eigenvalue weighted by atomic mass is 10.1. The summed E-state index contributed by atoms with van der Waals surface area (Å²) in [5, 5.41) is 9.30. The van der Waals surface area contributed by atoms with Crippen molar-refractivity contribution in [2.45, 2.75) is 98.1 Å². The lowest BCUT2D eigenvalue weighted by Crippen LogP contribution is -2.34. The highest BCUT2D eigenvalue weighted by Crippen LogP contribution is 2.52. The Morgan fingerprint density at radius 3 is 1.82 bits per heavy atom. The van der Waals surface area contributed by atoms with Gasteiger partial charge in [-0.15, -0.1) is 0 Å². The maximum Gasteiger partial charge on any atom is 0.371 e. The molecule has 0 N–H and O–H groups in total. The summed E-state index contributed by atoms with van der Waals surface area (Å²) in [4.78, 5) is 0. The highest BCUT2D eigenvalue weighted by atomic mass is 31.2. The summed E-state index contributed by atoms with van der Waals surface area (Å²) >= 11 is 0. The van der Waals surface area contributed by atoms with E-state index in [0.29, 0.717) is 6.61 Å². The van der Waals surface area contributed by atoms with Gasteiger partial charge in [-0.05, 0) is 34.1 Å². The van der Waals surface area contributed by atoms with Crippen LogP contribution in [0.3, 0.4) is 0 Å². The lowest BCUT2D eigenvalue weighted by molar-refractivity contribution is 0.220. The predicted octanol–water partition coefficient (Wildman–Crippen LogP) is 5.94. The van der Waals surface area contributed by atoms with E-state index in [1.54, 1.807) is 4.67 Å². The van der Waals surface area contributed by atoms with Gasteiger partial charge >= 0.3 is 7.52 Å². The van der Waals surface area contributed by atoms with Crippen molar-refractivity contribution in [1.29, 1.82) is 5.26 Å². The van der Waals surface area contributed by atoms with Crippen LogP contribution in [0.2, 0.25) is 0 Å². The van der Waals surface area contributed by atoms with Gasteiger partial charge < -0.3 is 4.52 Å². The van der Waals surface area contributed by atoms with Gasteiger partial charge in [-0.2, -0.15) is 5.26 Å². The van der Waals surface area contributed by atoms with Crippen molar-refractivity contribution in [2.24, 2.45) is 0 Å². The second-order valence-electron chi connectivity index (χ2n) is 6.50. The zero-order valence-corrected chi connectivity index (χ0v) is 16.1. The summed E-state index contributed by atoms with van der Waals surface area (Å²) < 4.78 is 19.9. The standard InChI is InChI=1S/C17H35N2O2P/c1-6-7-8-9-10-11-12-13-14-21-22(20,15-18)19(16(2)3)17(4)5/h16-17H,6-14H2,1-5H3. The number of nitrogens with zero attached hydrogens (tertiary/aromatic N) is 2. The first kappa shape index (κ1) is 21.6. The first-order valence-corrected chi connectivity index (χ1v) is 10.4. The third-order valence-corrected chi connectivity index (χ3v) is 6.07. The van der Waals surface area contributed by atoms with Gasteiger partial charge in [-0.1, -0.05) is 51.9 Å². The first-order chi connectivity index (χ1) is 10.4. The first-order valence-electron chi connectivity index (χ1n) is 8.83. The third kappa shape index (κ3) is 8.32. The molecule has 0 rings (SSSR count). The molecule has 0 saturated carbocycles. The maximum absolute atomic E-state index is 12.7. The van der Waals surface area contributed by atoms with Gasteiger partial charge in [0.05, 0.1) is 6.61 Å². The number of nitriles is 1. The molecular formula is C17H35N2O2P. The van der Waals surface area contributed by atoms with Gasteiger partial charge in [-0.25, -0.2) is 4.67 Å². The Hall–Kier alpha value is -0.360. The highest BCUT2D eigenvalue weighted by molar-refractivity contribution is 7.61. The normalized spacial score (nSPS) is 14.5. The van der Waals surface area contributed by atoms with Gasteiger partial charge in [0, 0.05) is 12.1 Å². The molecule has 0 aliphatic rings. The van der Waals surface area contributed by atoms with Crippen molar-refractivity contribution in [3.05, 3.63) is 0 Å². The van der Waals surface area contributed by atoms with Gasteiger partial charge in [0.1, 0.15) is 0 Å². The molecule has 0 aromatic heterocycles. The second kappa shape index (κ2) is 12.1. The molecule has 0 bridgehead atoms.